The van der Waals surface area contributed by atoms with E-state index >= 15 is 0 Å². The Morgan fingerprint density at radius 3 is 2.37 bits per heavy atom. The monoisotopic (exact) mass is 430 g/mol. The average Bonchev–Trinajstić information content (AvgIpc) is 3.34. The molecule has 2 fully saturated rings. The van der Waals surface area contributed by atoms with Crippen LogP contribution in [-0.4, -0.2) is 69.6 Å². The molecular weight excluding hydrogens is 400 g/mol. The molecule has 4 heterocycles. The van der Waals surface area contributed by atoms with E-state index in [-0.39, 0.29) is 29.9 Å². The van der Waals surface area contributed by atoms with E-state index in [1.165, 1.54) is 0 Å². The molecule has 7 nitrogen and oxygen atoms in total. The first-order valence-electron chi connectivity index (χ1n) is 10.7. The third-order valence-corrected chi connectivity index (χ3v) is 6.89. The second kappa shape index (κ2) is 8.51. The smallest absolute Gasteiger partial charge is 0.255 e. The van der Waals surface area contributed by atoms with Crippen molar-refractivity contribution < 1.29 is 14.3 Å². The number of carbonyl (C=O) groups excluding carboxylic acids is 2. The van der Waals surface area contributed by atoms with E-state index in [1.54, 1.807) is 17.5 Å². The lowest BCUT2D eigenvalue weighted by atomic mass is 9.94. The van der Waals surface area contributed by atoms with Crippen molar-refractivity contribution in [2.75, 3.05) is 26.2 Å². The summed E-state index contributed by atoms with van der Waals surface area (Å²) in [5, 5.41) is 2.82. The molecule has 2 aliphatic rings. The molecule has 2 aromatic rings. The number of likely N-dealkylation sites (tertiary alicyclic amines) is 1. The molecule has 2 aromatic heterocycles. The number of nitrogens with zero attached hydrogens (tertiary/aromatic N) is 4. The van der Waals surface area contributed by atoms with Gasteiger partial charge in [-0.25, -0.2) is 4.98 Å². The molecule has 0 spiro atoms. The minimum absolute atomic E-state index is 0.00528. The van der Waals surface area contributed by atoms with Gasteiger partial charge in [-0.1, -0.05) is 0 Å². The third kappa shape index (κ3) is 4.03. The second-order valence-electron chi connectivity index (χ2n) is 8.50. The Morgan fingerprint density at radius 2 is 1.77 bits per heavy atom. The summed E-state index contributed by atoms with van der Waals surface area (Å²) in [6.45, 7) is 10.5. The van der Waals surface area contributed by atoms with Crippen LogP contribution < -0.4 is 0 Å². The fraction of sp³-hybridized carbons (Fsp3) is 0.591. The SMILES string of the molecule is Cc1cc(C(=O)N2CCC(C(=O)N3CC(C)OC(C)C3)CC2)c(C)n1-c1nccs1. The number of piperidine rings is 1. The fourth-order valence-corrected chi connectivity index (χ4v) is 5.47. The number of hydrogen-bond acceptors (Lipinski definition) is 5. The zero-order valence-electron chi connectivity index (χ0n) is 18.1. The van der Waals surface area contributed by atoms with Gasteiger partial charge in [-0.05, 0) is 46.6 Å². The highest BCUT2D eigenvalue weighted by molar-refractivity contribution is 7.12. The number of thiazole rings is 1. The van der Waals surface area contributed by atoms with Crippen LogP contribution in [0.3, 0.4) is 0 Å². The molecule has 2 aliphatic heterocycles. The molecule has 0 radical (unpaired) electrons. The molecule has 8 heteroatoms. The van der Waals surface area contributed by atoms with Crippen molar-refractivity contribution in [3.8, 4) is 5.13 Å². The van der Waals surface area contributed by atoms with Gasteiger partial charge in [-0.3, -0.25) is 14.2 Å². The quantitative estimate of drug-likeness (QED) is 0.751. The molecule has 2 saturated heterocycles. The van der Waals surface area contributed by atoms with Gasteiger partial charge < -0.3 is 14.5 Å². The van der Waals surface area contributed by atoms with Gasteiger partial charge in [0.05, 0.1) is 17.8 Å². The van der Waals surface area contributed by atoms with E-state index in [1.807, 2.05) is 53.5 Å². The van der Waals surface area contributed by atoms with E-state index in [0.29, 0.717) is 26.2 Å². The summed E-state index contributed by atoms with van der Waals surface area (Å²) in [6, 6.07) is 1.95. The Balaban J connectivity index is 1.40. The van der Waals surface area contributed by atoms with E-state index in [2.05, 4.69) is 4.98 Å². The molecule has 2 amide bonds. The van der Waals surface area contributed by atoms with Gasteiger partial charge >= 0.3 is 0 Å². The van der Waals surface area contributed by atoms with Gasteiger partial charge in [-0.15, -0.1) is 11.3 Å². The van der Waals surface area contributed by atoms with Crippen molar-refractivity contribution in [2.45, 2.75) is 52.7 Å². The van der Waals surface area contributed by atoms with E-state index < -0.39 is 0 Å². The Morgan fingerprint density at radius 1 is 1.10 bits per heavy atom. The second-order valence-corrected chi connectivity index (χ2v) is 9.37. The molecule has 0 saturated carbocycles. The van der Waals surface area contributed by atoms with Crippen molar-refractivity contribution in [2.24, 2.45) is 5.92 Å². The first-order chi connectivity index (χ1) is 14.3. The maximum Gasteiger partial charge on any atom is 0.255 e. The highest BCUT2D eigenvalue weighted by atomic mass is 32.1. The Kier molecular flexibility index (Phi) is 5.97. The van der Waals surface area contributed by atoms with Crippen molar-refractivity contribution in [1.29, 1.82) is 0 Å². The van der Waals surface area contributed by atoms with Crippen LogP contribution in [0.25, 0.3) is 5.13 Å². The number of rotatable bonds is 3. The summed E-state index contributed by atoms with van der Waals surface area (Å²) < 4.78 is 7.79. The third-order valence-electron chi connectivity index (χ3n) is 6.13. The number of ether oxygens (including phenoxy) is 1. The van der Waals surface area contributed by atoms with Crippen LogP contribution in [0.15, 0.2) is 17.6 Å². The van der Waals surface area contributed by atoms with Crippen LogP contribution >= 0.6 is 11.3 Å². The summed E-state index contributed by atoms with van der Waals surface area (Å²) >= 11 is 1.56. The van der Waals surface area contributed by atoms with Crippen molar-refractivity contribution in [3.05, 3.63) is 34.6 Å². The number of aryl methyl sites for hydroxylation is 1. The number of carbonyl (C=O) groups is 2. The average molecular weight is 431 g/mol. The van der Waals surface area contributed by atoms with Crippen molar-refractivity contribution >= 4 is 23.2 Å². The summed E-state index contributed by atoms with van der Waals surface area (Å²) in [5.74, 6) is 0.255. The molecule has 162 valence electrons. The van der Waals surface area contributed by atoms with Gasteiger partial charge in [0, 0.05) is 55.1 Å². The largest absolute Gasteiger partial charge is 0.372 e. The Labute approximate surface area is 181 Å². The lowest BCUT2D eigenvalue weighted by Gasteiger charge is -2.39. The highest BCUT2D eigenvalue weighted by Crippen LogP contribution is 2.27. The van der Waals surface area contributed by atoms with Crippen LogP contribution in [0.4, 0.5) is 0 Å². The van der Waals surface area contributed by atoms with Crippen LogP contribution in [-0.2, 0) is 9.53 Å². The van der Waals surface area contributed by atoms with Gasteiger partial charge in [0.25, 0.3) is 5.91 Å². The maximum absolute atomic E-state index is 13.2. The maximum atomic E-state index is 13.2. The first kappa shape index (κ1) is 21.1. The molecule has 0 aromatic carbocycles. The van der Waals surface area contributed by atoms with Gasteiger partial charge in [-0.2, -0.15) is 0 Å². The van der Waals surface area contributed by atoms with Gasteiger partial charge in [0.2, 0.25) is 5.91 Å². The lowest BCUT2D eigenvalue weighted by molar-refractivity contribution is -0.148. The number of hydrogen-bond donors (Lipinski definition) is 0. The molecule has 0 bridgehead atoms. The van der Waals surface area contributed by atoms with Gasteiger partial charge in [0.15, 0.2) is 5.13 Å². The van der Waals surface area contributed by atoms with Crippen LogP contribution in [0, 0.1) is 19.8 Å². The molecule has 2 unspecified atom stereocenters. The zero-order valence-corrected chi connectivity index (χ0v) is 18.9. The van der Waals surface area contributed by atoms with Gasteiger partial charge in [0.1, 0.15) is 0 Å². The minimum atomic E-state index is -0.00528. The number of morpholine rings is 1. The van der Waals surface area contributed by atoms with E-state index in [4.69, 9.17) is 4.74 Å². The van der Waals surface area contributed by atoms with E-state index in [0.717, 1.165) is 34.9 Å². The predicted octanol–water partition coefficient (Wildman–Crippen LogP) is 3.04. The lowest BCUT2D eigenvalue weighted by Crippen LogP contribution is -2.51. The van der Waals surface area contributed by atoms with E-state index in [9.17, 15) is 9.59 Å². The molecule has 30 heavy (non-hydrogen) atoms. The summed E-state index contributed by atoms with van der Waals surface area (Å²) in [7, 11) is 0. The van der Waals surface area contributed by atoms with Crippen molar-refractivity contribution in [3.63, 3.8) is 0 Å². The fourth-order valence-electron chi connectivity index (χ4n) is 4.72. The number of aromatic nitrogens is 2. The molecular formula is C22H30N4O3S. The molecule has 0 N–H and O–H groups in total. The Bertz CT molecular complexity index is 905. The van der Waals surface area contributed by atoms with Crippen LogP contribution in [0.2, 0.25) is 0 Å². The first-order valence-corrected chi connectivity index (χ1v) is 11.6. The minimum Gasteiger partial charge on any atom is -0.372 e. The normalized spacial score (nSPS) is 23.1. The standard InChI is InChI=1S/C22H30N4O3S/c1-14-11-19(17(4)26(14)22-23-7-10-30-22)21(28)24-8-5-18(6-9-24)20(27)25-12-15(2)29-16(3)13-25/h7,10-11,15-16,18H,5-6,8-9,12-13H2,1-4H3. The Hall–Kier alpha value is -2.19. The molecule has 2 atom stereocenters. The summed E-state index contributed by atoms with van der Waals surface area (Å²) in [5.41, 5.74) is 2.65. The van der Waals surface area contributed by atoms with Crippen LogP contribution in [0.1, 0.15) is 48.4 Å². The highest BCUT2D eigenvalue weighted by Gasteiger charge is 2.34. The molecule has 0 aliphatic carbocycles. The predicted molar refractivity (Wildman–Crippen MR) is 116 cm³/mol. The van der Waals surface area contributed by atoms with Crippen LogP contribution in [0.5, 0.6) is 0 Å². The van der Waals surface area contributed by atoms with Crippen molar-refractivity contribution in [1.82, 2.24) is 19.4 Å². The zero-order chi connectivity index (χ0) is 21.4. The topological polar surface area (TPSA) is 67.7 Å². The number of amides is 2. The summed E-state index contributed by atoms with van der Waals surface area (Å²) in [4.78, 5) is 34.4. The molecule has 4 rings (SSSR count). The summed E-state index contributed by atoms with van der Waals surface area (Å²) in [6.07, 6.45) is 3.36.